The Morgan fingerprint density at radius 1 is 1.38 bits per heavy atom. The fourth-order valence-corrected chi connectivity index (χ4v) is 4.18. The zero-order valence-electron chi connectivity index (χ0n) is 20.5. The van der Waals surface area contributed by atoms with Crippen LogP contribution in [0.25, 0.3) is 0 Å². The number of hydrogen-bond donors (Lipinski definition) is 3. The summed E-state index contributed by atoms with van der Waals surface area (Å²) >= 11 is 0. The topological polar surface area (TPSA) is 132 Å². The van der Waals surface area contributed by atoms with Gasteiger partial charge in [0.2, 0.25) is 0 Å². The minimum absolute atomic E-state index is 0.111. The molecule has 1 fully saturated rings. The standard InChI is InChI=1S/C21H26N4O6S/c1-21(19(27)22-29,32(2,30)31)7-8-24-15-18-11-16(14-25(18)20(24)28)5-3-4-6-17-12-23(13-17)9-10-26/h11,14,17,26,29H,7-10,12-13,15H2,1-2H3,(H,22,27)/i2D3. The van der Waals surface area contributed by atoms with Crippen molar-refractivity contribution in [1.82, 2.24) is 19.8 Å². The van der Waals surface area contributed by atoms with Crippen LogP contribution in [-0.4, -0.2) is 88.8 Å². The fourth-order valence-electron chi connectivity index (χ4n) is 3.53. The van der Waals surface area contributed by atoms with Crippen LogP contribution in [0.4, 0.5) is 4.79 Å². The SMILES string of the molecule is [2H]C([2H])([2H])S(=O)(=O)C(C)(CCN1Cc2cc(C#CC#CC3CN(CCO)C3)cn2C1=O)C(=O)NO. The lowest BCUT2D eigenvalue weighted by Crippen LogP contribution is -2.50. The molecule has 0 spiro atoms. The fraction of sp³-hybridized carbons (Fsp3) is 0.524. The molecule has 1 saturated heterocycles. The number of carbonyl (C=O) groups is 2. The zero-order valence-corrected chi connectivity index (χ0v) is 18.3. The number of carbonyl (C=O) groups excluding carboxylic acids is 2. The van der Waals surface area contributed by atoms with Crippen molar-refractivity contribution in [3.63, 3.8) is 0 Å². The number of β-amino-alcohol motifs (C(OH)–C–C–N with tert-alkyl or cyclic N) is 1. The molecular weight excluding hydrogens is 436 g/mol. The molecule has 1 unspecified atom stereocenters. The van der Waals surface area contributed by atoms with Crippen LogP contribution in [0.15, 0.2) is 12.3 Å². The maximum absolute atomic E-state index is 12.7. The van der Waals surface area contributed by atoms with Gasteiger partial charge in [0.1, 0.15) is 0 Å². The minimum atomic E-state index is -5.00. The van der Waals surface area contributed by atoms with Crippen LogP contribution in [0.1, 0.15) is 28.7 Å². The lowest BCUT2D eigenvalue weighted by Gasteiger charge is -2.35. The summed E-state index contributed by atoms with van der Waals surface area (Å²) in [6.07, 6.45) is -2.49. The second-order valence-corrected chi connectivity index (χ2v) is 9.83. The van der Waals surface area contributed by atoms with Crippen LogP contribution >= 0.6 is 0 Å². The molecule has 1 aromatic heterocycles. The van der Waals surface area contributed by atoms with Crippen LogP contribution in [0.3, 0.4) is 0 Å². The maximum atomic E-state index is 12.7. The molecule has 3 N–H and O–H groups in total. The third kappa shape index (κ3) is 4.81. The molecule has 0 saturated carbocycles. The number of nitrogens with one attached hydrogen (secondary N) is 1. The Bertz CT molecular complexity index is 1230. The number of aromatic nitrogens is 1. The first kappa shape index (κ1) is 19.8. The van der Waals surface area contributed by atoms with E-state index >= 15 is 0 Å². The molecular formula is C21H26N4O6S. The van der Waals surface area contributed by atoms with Gasteiger partial charge in [-0.3, -0.25) is 19.5 Å². The van der Waals surface area contributed by atoms with E-state index in [0.29, 0.717) is 17.8 Å². The number of nitrogens with zero attached hydrogens (tertiary/aromatic N) is 3. The second-order valence-electron chi connectivity index (χ2n) is 7.92. The summed E-state index contributed by atoms with van der Waals surface area (Å²) in [4.78, 5) is 28.2. The van der Waals surface area contributed by atoms with E-state index in [2.05, 4.69) is 28.6 Å². The highest BCUT2D eigenvalue weighted by Crippen LogP contribution is 2.25. The average molecular weight is 466 g/mol. The number of amides is 2. The molecule has 0 radical (unpaired) electrons. The van der Waals surface area contributed by atoms with E-state index < -0.39 is 39.1 Å². The highest BCUT2D eigenvalue weighted by atomic mass is 32.2. The van der Waals surface area contributed by atoms with Gasteiger partial charge in [-0.2, -0.15) is 0 Å². The maximum Gasteiger partial charge on any atom is 0.328 e. The smallest absolute Gasteiger partial charge is 0.328 e. The summed E-state index contributed by atoms with van der Waals surface area (Å²) in [5.41, 5.74) is 2.39. The van der Waals surface area contributed by atoms with E-state index in [1.807, 2.05) is 0 Å². The van der Waals surface area contributed by atoms with Crippen LogP contribution in [0.5, 0.6) is 0 Å². The molecule has 2 aliphatic rings. The average Bonchev–Trinajstić information content (AvgIpc) is 3.29. The van der Waals surface area contributed by atoms with Gasteiger partial charge in [0, 0.05) is 59.8 Å². The summed E-state index contributed by atoms with van der Waals surface area (Å²) in [7, 11) is -5.00. The lowest BCUT2D eigenvalue weighted by molar-refractivity contribution is -0.131. The molecule has 0 aromatic carbocycles. The Morgan fingerprint density at radius 3 is 2.75 bits per heavy atom. The highest BCUT2D eigenvalue weighted by Gasteiger charge is 2.44. The molecule has 2 aliphatic heterocycles. The number of rotatable bonds is 7. The quantitative estimate of drug-likeness (QED) is 0.274. The van der Waals surface area contributed by atoms with Crippen molar-refractivity contribution in [2.24, 2.45) is 5.92 Å². The molecule has 172 valence electrons. The molecule has 0 bridgehead atoms. The van der Waals surface area contributed by atoms with Gasteiger partial charge in [-0.15, -0.1) is 0 Å². The number of hydroxylamine groups is 1. The van der Waals surface area contributed by atoms with Gasteiger partial charge in [-0.25, -0.2) is 18.7 Å². The van der Waals surface area contributed by atoms with Crippen LogP contribution < -0.4 is 5.48 Å². The van der Waals surface area contributed by atoms with Gasteiger partial charge >= 0.3 is 6.03 Å². The molecule has 32 heavy (non-hydrogen) atoms. The zero-order chi connectivity index (χ0) is 26.0. The van der Waals surface area contributed by atoms with E-state index in [-0.39, 0.29) is 25.6 Å². The summed E-state index contributed by atoms with van der Waals surface area (Å²) in [6.45, 7) is 3.13. The van der Waals surface area contributed by atoms with Crippen molar-refractivity contribution >= 4 is 21.8 Å². The van der Waals surface area contributed by atoms with Crippen LogP contribution in [0.2, 0.25) is 0 Å². The predicted octanol–water partition coefficient (Wildman–Crippen LogP) is -0.750. The van der Waals surface area contributed by atoms with Crippen LogP contribution in [0, 0.1) is 29.6 Å². The normalized spacial score (nSPS) is 19.8. The summed E-state index contributed by atoms with van der Waals surface area (Å²) in [6, 6.07) is 1.22. The van der Waals surface area contributed by atoms with Gasteiger partial charge in [-0.05, 0) is 31.3 Å². The Kier molecular flexibility index (Phi) is 5.79. The highest BCUT2D eigenvalue weighted by molar-refractivity contribution is 7.92. The lowest BCUT2D eigenvalue weighted by atomic mass is 10.0. The van der Waals surface area contributed by atoms with Gasteiger partial charge in [0.25, 0.3) is 5.91 Å². The van der Waals surface area contributed by atoms with Crippen molar-refractivity contribution in [3.8, 4) is 23.7 Å². The minimum Gasteiger partial charge on any atom is -0.395 e. The molecule has 1 atom stereocenters. The number of sulfone groups is 1. The van der Waals surface area contributed by atoms with E-state index in [4.69, 9.17) is 14.4 Å². The van der Waals surface area contributed by atoms with E-state index in [0.717, 1.165) is 20.0 Å². The molecule has 1 aromatic rings. The second kappa shape index (κ2) is 9.35. The number of aliphatic hydroxyl groups excluding tert-OH is 1. The van der Waals surface area contributed by atoms with Crippen molar-refractivity contribution in [2.75, 3.05) is 39.0 Å². The number of hydrogen-bond acceptors (Lipinski definition) is 7. The summed E-state index contributed by atoms with van der Waals surface area (Å²) in [5.74, 6) is 10.3. The van der Waals surface area contributed by atoms with Gasteiger partial charge in [-0.1, -0.05) is 11.8 Å². The molecule has 10 nitrogen and oxygen atoms in total. The Labute approximate surface area is 191 Å². The van der Waals surface area contributed by atoms with Crippen molar-refractivity contribution < 1.29 is 32.4 Å². The Morgan fingerprint density at radius 2 is 2.12 bits per heavy atom. The molecule has 0 aliphatic carbocycles. The number of fused-ring (bicyclic) bond motifs is 1. The largest absolute Gasteiger partial charge is 0.395 e. The Hall–Kier alpha value is -2.83. The van der Waals surface area contributed by atoms with E-state index in [1.54, 1.807) is 6.07 Å². The molecule has 3 rings (SSSR count). The predicted molar refractivity (Wildman–Crippen MR) is 115 cm³/mol. The first-order valence-corrected chi connectivity index (χ1v) is 11.4. The molecule has 11 heteroatoms. The van der Waals surface area contributed by atoms with E-state index in [9.17, 15) is 18.0 Å². The third-order valence-electron chi connectivity index (χ3n) is 5.68. The Balaban J connectivity index is 1.63. The summed E-state index contributed by atoms with van der Waals surface area (Å²) < 4.78 is 45.8. The number of likely N-dealkylation sites (tertiary alicyclic amines) is 1. The van der Waals surface area contributed by atoms with Crippen molar-refractivity contribution in [3.05, 3.63) is 23.5 Å². The van der Waals surface area contributed by atoms with E-state index in [1.165, 1.54) is 21.1 Å². The molecule has 2 amide bonds. The molecule has 3 heterocycles. The van der Waals surface area contributed by atoms with Gasteiger partial charge < -0.3 is 10.0 Å². The van der Waals surface area contributed by atoms with Crippen molar-refractivity contribution in [1.29, 1.82) is 0 Å². The first-order chi connectivity index (χ1) is 16.3. The third-order valence-corrected chi connectivity index (χ3v) is 7.26. The van der Waals surface area contributed by atoms with Gasteiger partial charge in [0.05, 0.1) is 13.2 Å². The monoisotopic (exact) mass is 465 g/mol. The van der Waals surface area contributed by atoms with Crippen LogP contribution in [-0.2, 0) is 21.2 Å². The summed E-state index contributed by atoms with van der Waals surface area (Å²) in [5, 5.41) is 17.9. The first-order valence-electron chi connectivity index (χ1n) is 11.4. The number of aliphatic hydroxyl groups is 1. The van der Waals surface area contributed by atoms with Gasteiger partial charge in [0.15, 0.2) is 14.6 Å². The van der Waals surface area contributed by atoms with Crippen molar-refractivity contribution in [2.45, 2.75) is 24.6 Å².